The van der Waals surface area contributed by atoms with Gasteiger partial charge in [0.1, 0.15) is 16.5 Å². The molecular weight excluding hydrogens is 373 g/mol. The Kier molecular flexibility index (Phi) is 6.37. The third-order valence-corrected chi connectivity index (χ3v) is 4.45. The Labute approximate surface area is 143 Å². The molecule has 112 valence electrons. The quantitative estimate of drug-likeness (QED) is 0.608. The zero-order valence-electron chi connectivity index (χ0n) is 11.6. The van der Waals surface area contributed by atoms with E-state index < -0.39 is 0 Å². The molecule has 2 aromatic carbocycles. The Morgan fingerprint density at radius 1 is 1.19 bits per heavy atom. The summed E-state index contributed by atoms with van der Waals surface area (Å²) >= 11 is 15.7. The van der Waals surface area contributed by atoms with Gasteiger partial charge in [0.05, 0.1) is 5.02 Å². The van der Waals surface area contributed by atoms with Crippen molar-refractivity contribution in [2.45, 2.75) is 19.9 Å². The fourth-order valence-corrected chi connectivity index (χ4v) is 2.65. The normalized spacial score (nSPS) is 10.7. The molecule has 0 amide bonds. The zero-order valence-corrected chi connectivity index (χ0v) is 14.7. The fourth-order valence-electron chi connectivity index (χ4n) is 1.82. The first-order chi connectivity index (χ1) is 10.1. The Balaban J connectivity index is 2.11. The maximum absolute atomic E-state index is 6.12. The predicted octanol–water partition coefficient (Wildman–Crippen LogP) is 6.05. The maximum Gasteiger partial charge on any atom is 0.147 e. The number of halogens is 3. The topological polar surface area (TPSA) is 21.3 Å². The molecule has 0 atom stereocenters. The van der Waals surface area contributed by atoms with Crippen molar-refractivity contribution >= 4 is 39.1 Å². The molecule has 1 N–H and O–H groups in total. The summed E-state index contributed by atoms with van der Waals surface area (Å²) in [6.45, 7) is 3.98. The molecule has 0 heterocycles. The minimum Gasteiger partial charge on any atom is -0.456 e. The van der Waals surface area contributed by atoms with Gasteiger partial charge in [0.2, 0.25) is 0 Å². The summed E-state index contributed by atoms with van der Waals surface area (Å²) in [5.41, 5.74) is 1.19. The third kappa shape index (κ3) is 4.62. The van der Waals surface area contributed by atoms with E-state index in [1.54, 1.807) is 12.1 Å². The molecule has 0 aliphatic heterocycles. The summed E-state index contributed by atoms with van der Waals surface area (Å²) < 4.78 is 6.79. The molecule has 2 nitrogen and oxygen atoms in total. The van der Waals surface area contributed by atoms with Crippen LogP contribution in [0.2, 0.25) is 10.0 Å². The highest BCUT2D eigenvalue weighted by Crippen LogP contribution is 2.35. The summed E-state index contributed by atoms with van der Waals surface area (Å²) in [4.78, 5) is 0. The van der Waals surface area contributed by atoms with Crippen molar-refractivity contribution in [2.75, 3.05) is 6.54 Å². The summed E-state index contributed by atoms with van der Waals surface area (Å²) in [5.74, 6) is 1.26. The van der Waals surface area contributed by atoms with Crippen molar-refractivity contribution in [3.63, 3.8) is 0 Å². The smallest absolute Gasteiger partial charge is 0.147 e. The maximum atomic E-state index is 6.12. The molecule has 0 bridgehead atoms. The largest absolute Gasteiger partial charge is 0.456 e. The minimum absolute atomic E-state index is 0.420. The van der Waals surface area contributed by atoms with Gasteiger partial charge in [-0.2, -0.15) is 0 Å². The summed E-state index contributed by atoms with van der Waals surface area (Å²) in [7, 11) is 0. The molecule has 0 saturated carbocycles. The van der Waals surface area contributed by atoms with Gasteiger partial charge in [0.25, 0.3) is 0 Å². The zero-order chi connectivity index (χ0) is 15.2. The van der Waals surface area contributed by atoms with E-state index in [-0.39, 0.29) is 0 Å². The summed E-state index contributed by atoms with van der Waals surface area (Å²) in [6, 6.07) is 11.2. The monoisotopic (exact) mass is 387 g/mol. The van der Waals surface area contributed by atoms with Crippen LogP contribution < -0.4 is 10.1 Å². The second kappa shape index (κ2) is 8.04. The van der Waals surface area contributed by atoms with E-state index in [9.17, 15) is 0 Å². The molecule has 0 fully saturated rings. The van der Waals surface area contributed by atoms with Crippen LogP contribution in [0.3, 0.4) is 0 Å². The molecule has 0 aliphatic carbocycles. The highest BCUT2D eigenvalue weighted by molar-refractivity contribution is 9.10. The molecule has 2 rings (SSSR count). The first-order valence-electron chi connectivity index (χ1n) is 6.73. The van der Waals surface area contributed by atoms with Crippen LogP contribution >= 0.6 is 39.1 Å². The van der Waals surface area contributed by atoms with Crippen LogP contribution in [0.4, 0.5) is 0 Å². The van der Waals surface area contributed by atoms with Gasteiger partial charge in [0, 0.05) is 11.0 Å². The van der Waals surface area contributed by atoms with Crippen LogP contribution in [0, 0.1) is 0 Å². The van der Waals surface area contributed by atoms with Gasteiger partial charge >= 0.3 is 0 Å². The standard InChI is InChI=1S/C16H16BrCl2NO/c1-2-8-20-10-11-6-7-12(9-13(11)17)21-15-5-3-4-14(18)16(15)19/h3-7,9,20H,2,8,10H2,1H3. The van der Waals surface area contributed by atoms with Crippen LogP contribution in [-0.2, 0) is 6.54 Å². The number of hydrogen-bond donors (Lipinski definition) is 1. The number of nitrogens with one attached hydrogen (secondary N) is 1. The Hall–Kier alpha value is -0.740. The molecular formula is C16H16BrCl2NO. The first-order valence-corrected chi connectivity index (χ1v) is 8.27. The molecule has 0 aliphatic rings. The summed E-state index contributed by atoms with van der Waals surface area (Å²) in [6.07, 6.45) is 1.12. The molecule has 21 heavy (non-hydrogen) atoms. The lowest BCUT2D eigenvalue weighted by Crippen LogP contribution is -2.14. The molecule has 0 unspecified atom stereocenters. The van der Waals surface area contributed by atoms with Gasteiger partial charge in [-0.25, -0.2) is 0 Å². The highest BCUT2D eigenvalue weighted by Gasteiger charge is 2.08. The highest BCUT2D eigenvalue weighted by atomic mass is 79.9. The minimum atomic E-state index is 0.420. The van der Waals surface area contributed by atoms with Crippen molar-refractivity contribution in [2.24, 2.45) is 0 Å². The number of hydrogen-bond acceptors (Lipinski definition) is 2. The van der Waals surface area contributed by atoms with Crippen LogP contribution in [0.5, 0.6) is 11.5 Å². The SMILES string of the molecule is CCCNCc1ccc(Oc2cccc(Cl)c2Cl)cc1Br. The number of rotatable bonds is 6. The molecule has 2 aromatic rings. The predicted molar refractivity (Wildman–Crippen MR) is 92.7 cm³/mol. The van der Waals surface area contributed by atoms with Gasteiger partial charge in [-0.15, -0.1) is 0 Å². The average Bonchev–Trinajstić information content (AvgIpc) is 2.46. The van der Waals surface area contributed by atoms with Crippen LogP contribution in [0.1, 0.15) is 18.9 Å². The van der Waals surface area contributed by atoms with Gasteiger partial charge < -0.3 is 10.1 Å². The van der Waals surface area contributed by atoms with E-state index in [4.69, 9.17) is 27.9 Å². The van der Waals surface area contributed by atoms with Crippen molar-refractivity contribution in [1.29, 1.82) is 0 Å². The second-order valence-electron chi connectivity index (χ2n) is 4.58. The van der Waals surface area contributed by atoms with Gasteiger partial charge in [-0.05, 0) is 42.8 Å². The van der Waals surface area contributed by atoms with E-state index in [2.05, 4.69) is 28.2 Å². The van der Waals surface area contributed by atoms with Crippen LogP contribution in [-0.4, -0.2) is 6.54 Å². The first kappa shape index (κ1) is 16.6. The van der Waals surface area contributed by atoms with E-state index in [1.165, 1.54) is 5.56 Å². The van der Waals surface area contributed by atoms with E-state index in [1.807, 2.05) is 24.3 Å². The summed E-state index contributed by atoms with van der Waals surface area (Å²) in [5, 5.41) is 4.27. The number of benzene rings is 2. The lowest BCUT2D eigenvalue weighted by Gasteiger charge is -2.11. The van der Waals surface area contributed by atoms with Crippen molar-refractivity contribution in [3.05, 3.63) is 56.5 Å². The molecule has 5 heteroatoms. The Morgan fingerprint density at radius 2 is 2.00 bits per heavy atom. The van der Waals surface area contributed by atoms with E-state index >= 15 is 0 Å². The van der Waals surface area contributed by atoms with Gasteiger partial charge in [-0.1, -0.05) is 58.2 Å². The average molecular weight is 389 g/mol. The van der Waals surface area contributed by atoms with Crippen molar-refractivity contribution in [1.82, 2.24) is 5.32 Å². The molecule has 0 saturated heterocycles. The van der Waals surface area contributed by atoms with Gasteiger partial charge in [-0.3, -0.25) is 0 Å². The van der Waals surface area contributed by atoms with Crippen molar-refractivity contribution in [3.8, 4) is 11.5 Å². The lowest BCUT2D eigenvalue weighted by molar-refractivity contribution is 0.482. The van der Waals surface area contributed by atoms with Crippen LogP contribution in [0.25, 0.3) is 0 Å². The van der Waals surface area contributed by atoms with E-state index in [0.29, 0.717) is 21.5 Å². The van der Waals surface area contributed by atoms with E-state index in [0.717, 1.165) is 24.0 Å². The van der Waals surface area contributed by atoms with Gasteiger partial charge in [0.15, 0.2) is 0 Å². The Morgan fingerprint density at radius 3 is 2.71 bits per heavy atom. The molecule has 0 aromatic heterocycles. The second-order valence-corrected chi connectivity index (χ2v) is 6.22. The van der Waals surface area contributed by atoms with Crippen LogP contribution in [0.15, 0.2) is 40.9 Å². The van der Waals surface area contributed by atoms with Crippen molar-refractivity contribution < 1.29 is 4.74 Å². The third-order valence-electron chi connectivity index (χ3n) is 2.91. The Bertz CT molecular complexity index is 619. The fraction of sp³-hybridized carbons (Fsp3) is 0.250. The molecule has 0 radical (unpaired) electrons. The molecule has 0 spiro atoms. The number of ether oxygens (including phenoxy) is 1. The lowest BCUT2D eigenvalue weighted by atomic mass is 10.2.